The number of furan rings is 1. The second-order valence-corrected chi connectivity index (χ2v) is 8.08. The van der Waals surface area contributed by atoms with Crippen LogP contribution in [0.2, 0.25) is 0 Å². The lowest BCUT2D eigenvalue weighted by atomic mass is 9.93. The largest absolute Gasteiger partial charge is 0.456 e. The van der Waals surface area contributed by atoms with Crippen molar-refractivity contribution in [3.8, 4) is 22.6 Å². The number of benzene rings is 3. The first-order chi connectivity index (χ1) is 15.1. The summed E-state index contributed by atoms with van der Waals surface area (Å²) in [4.78, 5) is 4.98. The van der Waals surface area contributed by atoms with Gasteiger partial charge in [0.05, 0.1) is 16.6 Å². The van der Waals surface area contributed by atoms with Crippen molar-refractivity contribution in [2.75, 3.05) is 0 Å². The number of para-hydroxylation sites is 3. The lowest BCUT2D eigenvalue weighted by molar-refractivity contribution is -0.660. The number of aromatic nitrogens is 3. The molecule has 3 heterocycles. The molecule has 6 aromatic rings. The van der Waals surface area contributed by atoms with E-state index in [0.29, 0.717) is 0 Å². The van der Waals surface area contributed by atoms with E-state index < -0.39 is 0 Å². The van der Waals surface area contributed by atoms with Gasteiger partial charge in [0.15, 0.2) is 6.20 Å². The van der Waals surface area contributed by atoms with Crippen molar-refractivity contribution >= 4 is 33.0 Å². The fraction of sp³-hybridized carbons (Fsp3) is 0.111. The van der Waals surface area contributed by atoms with Crippen LogP contribution in [0.4, 0.5) is 0 Å². The van der Waals surface area contributed by atoms with Gasteiger partial charge >= 0.3 is 0 Å². The molecule has 0 spiro atoms. The van der Waals surface area contributed by atoms with Crippen molar-refractivity contribution in [2.24, 2.45) is 14.1 Å². The minimum atomic E-state index is 0.882. The third-order valence-corrected chi connectivity index (χ3v) is 6.27. The number of aryl methyl sites for hydroxylation is 2. The van der Waals surface area contributed by atoms with Crippen molar-refractivity contribution in [1.29, 1.82) is 0 Å². The topological polar surface area (TPSA) is 34.8 Å². The van der Waals surface area contributed by atoms with Crippen LogP contribution in [0, 0.1) is 6.92 Å². The summed E-state index contributed by atoms with van der Waals surface area (Å²) in [6.07, 6.45) is 2.09. The minimum Gasteiger partial charge on any atom is -0.456 e. The second-order valence-electron chi connectivity index (χ2n) is 8.08. The Hall–Kier alpha value is -3.92. The first kappa shape index (κ1) is 17.9. The molecule has 0 fully saturated rings. The number of nitrogens with zero attached hydrogens (tertiary/aromatic N) is 3. The molecule has 0 atom stereocenters. The van der Waals surface area contributed by atoms with Gasteiger partial charge in [0.2, 0.25) is 5.69 Å². The molecule has 0 radical (unpaired) electrons. The summed E-state index contributed by atoms with van der Waals surface area (Å²) >= 11 is 0. The first-order valence-electron chi connectivity index (χ1n) is 10.4. The zero-order chi connectivity index (χ0) is 21.1. The maximum atomic E-state index is 6.34. The number of imidazole rings is 1. The molecule has 0 bridgehead atoms. The molecular weight excluding hydrogens is 382 g/mol. The Morgan fingerprint density at radius 1 is 0.903 bits per heavy atom. The average molecular weight is 404 g/mol. The average Bonchev–Trinajstić information content (AvgIpc) is 3.32. The van der Waals surface area contributed by atoms with Gasteiger partial charge in [-0.3, -0.25) is 0 Å². The Balaban J connectivity index is 1.79. The number of rotatable bonds is 2. The maximum absolute atomic E-state index is 6.34. The molecule has 31 heavy (non-hydrogen) atoms. The van der Waals surface area contributed by atoms with E-state index in [0.717, 1.165) is 50.1 Å². The summed E-state index contributed by atoms with van der Waals surface area (Å²) in [6, 6.07) is 25.0. The van der Waals surface area contributed by atoms with E-state index in [1.165, 1.54) is 11.1 Å². The number of fused-ring (bicyclic) bond motifs is 4. The molecule has 150 valence electrons. The SMILES string of the molecule is Cc1c(-c2nc3ccccc3n2C)cc2oc3ccccc3c2c1-c1cccc[n+]1C. The van der Waals surface area contributed by atoms with E-state index in [1.54, 1.807) is 0 Å². The van der Waals surface area contributed by atoms with Crippen molar-refractivity contribution in [3.05, 3.63) is 84.6 Å². The molecule has 3 aromatic carbocycles. The molecule has 0 aliphatic heterocycles. The van der Waals surface area contributed by atoms with Gasteiger partial charge in [-0.15, -0.1) is 0 Å². The predicted molar refractivity (Wildman–Crippen MR) is 125 cm³/mol. The number of pyridine rings is 1. The van der Waals surface area contributed by atoms with Crippen molar-refractivity contribution < 1.29 is 8.98 Å². The van der Waals surface area contributed by atoms with Gasteiger partial charge < -0.3 is 8.98 Å². The lowest BCUT2D eigenvalue weighted by Crippen LogP contribution is -2.30. The van der Waals surface area contributed by atoms with Gasteiger partial charge in [-0.05, 0) is 42.8 Å². The van der Waals surface area contributed by atoms with E-state index in [-0.39, 0.29) is 0 Å². The zero-order valence-corrected chi connectivity index (χ0v) is 17.8. The third kappa shape index (κ3) is 2.55. The van der Waals surface area contributed by atoms with Crippen molar-refractivity contribution in [1.82, 2.24) is 9.55 Å². The molecule has 3 aromatic heterocycles. The molecule has 0 aliphatic carbocycles. The van der Waals surface area contributed by atoms with Gasteiger partial charge in [-0.2, -0.15) is 0 Å². The van der Waals surface area contributed by atoms with E-state index in [2.05, 4.69) is 90.9 Å². The van der Waals surface area contributed by atoms with E-state index in [1.807, 2.05) is 18.2 Å². The number of hydrogen-bond acceptors (Lipinski definition) is 2. The molecule has 0 unspecified atom stereocenters. The summed E-state index contributed by atoms with van der Waals surface area (Å²) in [6.45, 7) is 2.19. The second kappa shape index (κ2) is 6.54. The normalized spacial score (nSPS) is 11.7. The molecule has 0 amide bonds. The summed E-state index contributed by atoms with van der Waals surface area (Å²) in [7, 11) is 4.17. The molecular formula is C27H22N3O+. The summed E-state index contributed by atoms with van der Waals surface area (Å²) in [5, 5.41) is 2.29. The molecule has 6 rings (SSSR count). The molecule has 0 saturated carbocycles. The highest BCUT2D eigenvalue weighted by molar-refractivity contribution is 6.14. The Bertz CT molecular complexity index is 1620. The van der Waals surface area contributed by atoms with Gasteiger partial charge in [0.1, 0.15) is 24.0 Å². The van der Waals surface area contributed by atoms with Crippen molar-refractivity contribution in [2.45, 2.75) is 6.92 Å². The van der Waals surface area contributed by atoms with E-state index in [9.17, 15) is 0 Å². The predicted octanol–water partition coefficient (Wildman–Crippen LogP) is 5.94. The molecule has 0 aliphatic rings. The van der Waals surface area contributed by atoms with Crippen LogP contribution in [0.15, 0.2) is 83.4 Å². The Kier molecular flexibility index (Phi) is 3.78. The highest BCUT2D eigenvalue weighted by Crippen LogP contribution is 2.42. The van der Waals surface area contributed by atoms with Crippen LogP contribution in [0.5, 0.6) is 0 Å². The Morgan fingerprint density at radius 2 is 1.68 bits per heavy atom. The monoisotopic (exact) mass is 404 g/mol. The summed E-state index contributed by atoms with van der Waals surface area (Å²) < 4.78 is 10.7. The minimum absolute atomic E-state index is 0.882. The Morgan fingerprint density at radius 3 is 2.52 bits per heavy atom. The van der Waals surface area contributed by atoms with Crippen LogP contribution >= 0.6 is 0 Å². The van der Waals surface area contributed by atoms with Crippen LogP contribution in [-0.4, -0.2) is 9.55 Å². The first-order valence-corrected chi connectivity index (χ1v) is 10.4. The maximum Gasteiger partial charge on any atom is 0.213 e. The highest BCUT2D eigenvalue weighted by atomic mass is 16.3. The zero-order valence-electron chi connectivity index (χ0n) is 17.8. The smallest absolute Gasteiger partial charge is 0.213 e. The molecule has 4 nitrogen and oxygen atoms in total. The summed E-state index contributed by atoms with van der Waals surface area (Å²) in [5.74, 6) is 0.945. The quantitative estimate of drug-likeness (QED) is 0.335. The Labute approximate surface area is 180 Å². The fourth-order valence-corrected chi connectivity index (χ4v) is 4.71. The van der Waals surface area contributed by atoms with Gasteiger partial charge in [0.25, 0.3) is 0 Å². The third-order valence-electron chi connectivity index (χ3n) is 6.27. The summed E-state index contributed by atoms with van der Waals surface area (Å²) in [5.41, 5.74) is 8.52. The molecule has 0 saturated heterocycles. The molecule has 0 N–H and O–H groups in total. The highest BCUT2D eigenvalue weighted by Gasteiger charge is 2.24. The van der Waals surface area contributed by atoms with Crippen LogP contribution in [0.3, 0.4) is 0 Å². The van der Waals surface area contributed by atoms with Crippen LogP contribution in [0.1, 0.15) is 5.56 Å². The van der Waals surface area contributed by atoms with Crippen molar-refractivity contribution in [3.63, 3.8) is 0 Å². The van der Waals surface area contributed by atoms with E-state index in [4.69, 9.17) is 9.40 Å². The van der Waals surface area contributed by atoms with Gasteiger partial charge in [-0.25, -0.2) is 9.55 Å². The number of hydrogen-bond donors (Lipinski definition) is 0. The van der Waals surface area contributed by atoms with Gasteiger partial charge in [-0.1, -0.05) is 30.3 Å². The van der Waals surface area contributed by atoms with Gasteiger partial charge in [0, 0.05) is 35.5 Å². The standard InChI is InChI=1S/C27H22N3O/c1-17-19(27-28-20-11-5-6-12-21(20)30(27)3)16-24-26(18-10-4-7-14-23(18)31-24)25(17)22-13-8-9-15-29(22)2/h4-16H,1-3H3/q+1. The van der Waals surface area contributed by atoms with Crippen LogP contribution in [-0.2, 0) is 14.1 Å². The van der Waals surface area contributed by atoms with Crippen LogP contribution in [0.25, 0.3) is 55.6 Å². The van der Waals surface area contributed by atoms with E-state index >= 15 is 0 Å². The van der Waals surface area contributed by atoms with Crippen LogP contribution < -0.4 is 4.57 Å². The fourth-order valence-electron chi connectivity index (χ4n) is 4.71. The lowest BCUT2D eigenvalue weighted by Gasteiger charge is -2.12. The molecule has 4 heteroatoms.